The summed E-state index contributed by atoms with van der Waals surface area (Å²) in [5, 5.41) is 7.68. The molecule has 0 amide bonds. The first-order chi connectivity index (χ1) is 15.7. The van der Waals surface area contributed by atoms with Gasteiger partial charge in [0, 0.05) is 56.6 Å². The lowest BCUT2D eigenvalue weighted by Crippen LogP contribution is -2.48. The Morgan fingerprint density at radius 3 is 2.62 bits per heavy atom. The van der Waals surface area contributed by atoms with Crippen LogP contribution >= 0.6 is 0 Å². The Balaban J connectivity index is 1.05. The summed E-state index contributed by atoms with van der Waals surface area (Å²) in [5.74, 6) is 2.36. The third kappa shape index (κ3) is 4.59. The normalized spacial score (nSPS) is 16.0. The summed E-state index contributed by atoms with van der Waals surface area (Å²) in [5.41, 5.74) is 5.84. The maximum absolute atomic E-state index is 5.51. The molecular formula is C25H30N4O3. The van der Waals surface area contributed by atoms with Crippen molar-refractivity contribution >= 4 is 5.69 Å². The fourth-order valence-corrected chi connectivity index (χ4v) is 4.41. The minimum Gasteiger partial charge on any atom is -0.454 e. The minimum absolute atomic E-state index is 0.271. The zero-order chi connectivity index (χ0) is 21.9. The first-order valence-electron chi connectivity index (χ1n) is 11.3. The smallest absolute Gasteiger partial charge is 0.231 e. The maximum Gasteiger partial charge on any atom is 0.231 e. The number of hydrogen-bond acceptors (Lipinski definition) is 7. The van der Waals surface area contributed by atoms with E-state index in [1.165, 1.54) is 16.8 Å². The van der Waals surface area contributed by atoms with E-state index in [-0.39, 0.29) is 6.79 Å². The summed E-state index contributed by atoms with van der Waals surface area (Å²) >= 11 is 0. The highest BCUT2D eigenvalue weighted by Crippen LogP contribution is 2.35. The molecular weight excluding hydrogens is 404 g/mol. The van der Waals surface area contributed by atoms with Crippen LogP contribution in [-0.2, 0) is 6.54 Å². The summed E-state index contributed by atoms with van der Waals surface area (Å²) in [7, 11) is 0. The van der Waals surface area contributed by atoms with Gasteiger partial charge in [-0.25, -0.2) is 0 Å². The van der Waals surface area contributed by atoms with Gasteiger partial charge in [-0.1, -0.05) is 22.9 Å². The Kier molecular flexibility index (Phi) is 6.01. The van der Waals surface area contributed by atoms with Crippen LogP contribution in [0.25, 0.3) is 11.3 Å². The van der Waals surface area contributed by atoms with Gasteiger partial charge >= 0.3 is 0 Å². The average molecular weight is 435 g/mol. The quantitative estimate of drug-likeness (QED) is 0.570. The Labute approximate surface area is 188 Å². The first kappa shape index (κ1) is 20.8. The number of anilines is 1. The van der Waals surface area contributed by atoms with Gasteiger partial charge in [-0.2, -0.15) is 0 Å². The SMILES string of the molecule is Cc1ccc(N2CCN(CCNCc3cc(-c4ccc5c(c4)OCO5)no3)CC2)c(C)c1. The molecule has 0 atom stereocenters. The zero-order valence-electron chi connectivity index (χ0n) is 18.8. The lowest BCUT2D eigenvalue weighted by molar-refractivity contribution is 0.174. The molecule has 32 heavy (non-hydrogen) atoms. The van der Waals surface area contributed by atoms with E-state index in [0.717, 1.165) is 67.8 Å². The molecule has 1 aromatic heterocycles. The molecule has 2 aliphatic heterocycles. The van der Waals surface area contributed by atoms with Gasteiger partial charge in [0.15, 0.2) is 17.3 Å². The minimum atomic E-state index is 0.271. The van der Waals surface area contributed by atoms with Crippen molar-refractivity contribution in [2.24, 2.45) is 0 Å². The molecule has 7 nitrogen and oxygen atoms in total. The van der Waals surface area contributed by atoms with Crippen LogP contribution in [0.15, 0.2) is 47.0 Å². The molecule has 7 heteroatoms. The van der Waals surface area contributed by atoms with E-state index in [1.54, 1.807) is 0 Å². The molecule has 1 saturated heterocycles. The van der Waals surface area contributed by atoms with Crippen molar-refractivity contribution in [3.63, 3.8) is 0 Å². The van der Waals surface area contributed by atoms with Crippen LogP contribution in [-0.4, -0.2) is 56.1 Å². The zero-order valence-corrected chi connectivity index (χ0v) is 18.8. The lowest BCUT2D eigenvalue weighted by atomic mass is 10.1. The largest absolute Gasteiger partial charge is 0.454 e. The maximum atomic E-state index is 5.51. The second kappa shape index (κ2) is 9.22. The molecule has 1 fully saturated rings. The monoisotopic (exact) mass is 434 g/mol. The summed E-state index contributed by atoms with van der Waals surface area (Å²) in [6, 6.07) is 14.5. The summed E-state index contributed by atoms with van der Waals surface area (Å²) < 4.78 is 16.3. The highest BCUT2D eigenvalue weighted by Gasteiger charge is 2.18. The number of ether oxygens (including phenoxy) is 2. The second-order valence-electron chi connectivity index (χ2n) is 8.54. The van der Waals surface area contributed by atoms with Crippen LogP contribution in [0, 0.1) is 13.8 Å². The number of piperazine rings is 1. The van der Waals surface area contributed by atoms with E-state index >= 15 is 0 Å². The number of nitrogens with zero attached hydrogens (tertiary/aromatic N) is 3. The van der Waals surface area contributed by atoms with Crippen molar-refractivity contribution in [2.75, 3.05) is 51.0 Å². The van der Waals surface area contributed by atoms with Crippen LogP contribution < -0.4 is 19.7 Å². The molecule has 0 bridgehead atoms. The highest BCUT2D eigenvalue weighted by molar-refractivity contribution is 5.64. The van der Waals surface area contributed by atoms with Crippen molar-refractivity contribution in [3.05, 3.63) is 59.4 Å². The van der Waals surface area contributed by atoms with Crippen molar-refractivity contribution in [1.82, 2.24) is 15.4 Å². The average Bonchev–Trinajstić information content (AvgIpc) is 3.46. The van der Waals surface area contributed by atoms with Gasteiger partial charge in [-0.3, -0.25) is 4.90 Å². The molecule has 168 valence electrons. The van der Waals surface area contributed by atoms with Crippen LogP contribution in [0.2, 0.25) is 0 Å². The van der Waals surface area contributed by atoms with Crippen molar-refractivity contribution < 1.29 is 14.0 Å². The molecule has 2 aliphatic rings. The lowest BCUT2D eigenvalue weighted by Gasteiger charge is -2.37. The van der Waals surface area contributed by atoms with Gasteiger partial charge in [0.25, 0.3) is 0 Å². The number of fused-ring (bicyclic) bond motifs is 1. The van der Waals surface area contributed by atoms with Crippen LogP contribution in [0.5, 0.6) is 11.5 Å². The molecule has 0 radical (unpaired) electrons. The van der Waals surface area contributed by atoms with Crippen LogP contribution in [0.1, 0.15) is 16.9 Å². The number of rotatable bonds is 7. The Hall–Kier alpha value is -3.03. The molecule has 3 aromatic rings. The van der Waals surface area contributed by atoms with Gasteiger partial charge in [0.2, 0.25) is 6.79 Å². The molecule has 1 N–H and O–H groups in total. The van der Waals surface area contributed by atoms with E-state index < -0.39 is 0 Å². The van der Waals surface area contributed by atoms with Gasteiger partial charge < -0.3 is 24.2 Å². The van der Waals surface area contributed by atoms with Gasteiger partial charge in [-0.05, 0) is 43.7 Å². The predicted molar refractivity (Wildman–Crippen MR) is 124 cm³/mol. The molecule has 0 saturated carbocycles. The number of hydrogen-bond donors (Lipinski definition) is 1. The summed E-state index contributed by atoms with van der Waals surface area (Å²) in [4.78, 5) is 5.02. The van der Waals surface area contributed by atoms with Crippen LogP contribution in [0.4, 0.5) is 5.69 Å². The molecule has 0 aliphatic carbocycles. The third-order valence-electron chi connectivity index (χ3n) is 6.20. The van der Waals surface area contributed by atoms with Crippen molar-refractivity contribution in [3.8, 4) is 22.8 Å². The standard InChI is InChI=1S/C25H30N4O3/c1-18-3-5-23(19(2)13-18)29-11-9-28(10-12-29)8-7-26-16-21-15-22(27-32-21)20-4-6-24-25(14-20)31-17-30-24/h3-6,13-15,26H,7-12,16-17H2,1-2H3. The Bertz CT molecular complexity index is 1070. The highest BCUT2D eigenvalue weighted by atomic mass is 16.7. The van der Waals surface area contributed by atoms with Crippen molar-refractivity contribution in [2.45, 2.75) is 20.4 Å². The van der Waals surface area contributed by atoms with E-state index in [0.29, 0.717) is 6.54 Å². The number of benzene rings is 2. The molecule has 3 heterocycles. The third-order valence-corrected chi connectivity index (χ3v) is 6.20. The Morgan fingerprint density at radius 2 is 1.78 bits per heavy atom. The first-order valence-corrected chi connectivity index (χ1v) is 11.3. The second-order valence-corrected chi connectivity index (χ2v) is 8.54. The molecule has 0 spiro atoms. The number of aromatic nitrogens is 1. The van der Waals surface area contributed by atoms with E-state index in [9.17, 15) is 0 Å². The van der Waals surface area contributed by atoms with Crippen LogP contribution in [0.3, 0.4) is 0 Å². The summed E-state index contributed by atoms with van der Waals surface area (Å²) in [6.45, 7) is 11.6. The number of nitrogens with one attached hydrogen (secondary N) is 1. The topological polar surface area (TPSA) is 63.0 Å². The fraction of sp³-hybridized carbons (Fsp3) is 0.400. The fourth-order valence-electron chi connectivity index (χ4n) is 4.41. The summed E-state index contributed by atoms with van der Waals surface area (Å²) in [6.07, 6.45) is 0. The van der Waals surface area contributed by atoms with E-state index in [2.05, 4.69) is 52.3 Å². The molecule has 5 rings (SSSR count). The molecule has 2 aromatic carbocycles. The van der Waals surface area contributed by atoms with Crippen molar-refractivity contribution in [1.29, 1.82) is 0 Å². The Morgan fingerprint density at radius 1 is 0.938 bits per heavy atom. The van der Waals surface area contributed by atoms with E-state index in [1.807, 2.05) is 24.3 Å². The number of aryl methyl sites for hydroxylation is 2. The van der Waals surface area contributed by atoms with Gasteiger partial charge in [0.05, 0.1) is 6.54 Å². The van der Waals surface area contributed by atoms with E-state index in [4.69, 9.17) is 14.0 Å². The molecule has 0 unspecified atom stereocenters. The van der Waals surface area contributed by atoms with Gasteiger partial charge in [0.1, 0.15) is 5.69 Å². The van der Waals surface area contributed by atoms with Gasteiger partial charge in [-0.15, -0.1) is 0 Å². The predicted octanol–water partition coefficient (Wildman–Crippen LogP) is 3.60.